The third-order valence-corrected chi connectivity index (χ3v) is 4.22. The van der Waals surface area contributed by atoms with E-state index in [9.17, 15) is 0 Å². The minimum absolute atomic E-state index is 1.14. The van der Waals surface area contributed by atoms with Crippen molar-refractivity contribution in [2.75, 3.05) is 44.2 Å². The van der Waals surface area contributed by atoms with Gasteiger partial charge in [0.2, 0.25) is 0 Å². The van der Waals surface area contributed by atoms with Crippen molar-refractivity contribution >= 4 is 5.82 Å². The van der Waals surface area contributed by atoms with Gasteiger partial charge in [0.15, 0.2) is 0 Å². The van der Waals surface area contributed by atoms with Crippen molar-refractivity contribution in [2.24, 2.45) is 0 Å². The van der Waals surface area contributed by atoms with Crippen LogP contribution in [-0.4, -0.2) is 48.7 Å². The highest BCUT2D eigenvalue weighted by atomic mass is 15.4. The van der Waals surface area contributed by atoms with Crippen molar-refractivity contribution in [1.29, 1.82) is 0 Å². The predicted molar refractivity (Wildman–Crippen MR) is 72.1 cm³/mol. The van der Waals surface area contributed by atoms with Crippen LogP contribution in [0.4, 0.5) is 5.82 Å². The number of likely N-dealkylation sites (N-methyl/N-ethyl adjacent to an activating group) is 1. The summed E-state index contributed by atoms with van der Waals surface area (Å²) in [5, 5.41) is 0. The molecule has 0 aromatic carbocycles. The highest BCUT2D eigenvalue weighted by molar-refractivity contribution is 5.37. The Morgan fingerprint density at radius 2 is 2.00 bits per heavy atom. The Morgan fingerprint density at radius 1 is 1.18 bits per heavy atom. The van der Waals surface area contributed by atoms with Crippen molar-refractivity contribution in [3.63, 3.8) is 0 Å². The highest BCUT2D eigenvalue weighted by Crippen LogP contribution is 2.17. The molecule has 17 heavy (non-hydrogen) atoms. The van der Waals surface area contributed by atoms with Gasteiger partial charge in [-0.3, -0.25) is 0 Å². The molecule has 1 aromatic heterocycles. The van der Waals surface area contributed by atoms with Crippen LogP contribution in [0.1, 0.15) is 20.3 Å². The van der Waals surface area contributed by atoms with Crippen LogP contribution in [0.5, 0.6) is 0 Å². The predicted octanol–water partition coefficient (Wildman–Crippen LogP) is 2.15. The topological polar surface area (TPSA) is 16.1 Å². The van der Waals surface area contributed by atoms with Gasteiger partial charge in [-0.25, -0.2) is 4.98 Å². The van der Waals surface area contributed by atoms with Crippen LogP contribution < -0.4 is 4.90 Å². The summed E-state index contributed by atoms with van der Waals surface area (Å²) in [5.41, 5.74) is 0. The molecule has 3 heteroatoms. The number of hydrogen-bond donors (Lipinski definition) is 0. The summed E-state index contributed by atoms with van der Waals surface area (Å²) in [6.45, 7) is 12.0. The minimum Gasteiger partial charge on any atom is -0.351 e. The molecule has 3 nitrogen and oxygen atoms in total. The van der Waals surface area contributed by atoms with Gasteiger partial charge in [0.25, 0.3) is 0 Å². The van der Waals surface area contributed by atoms with E-state index in [1.807, 2.05) is 12.3 Å². The van der Waals surface area contributed by atoms with Gasteiger partial charge in [-0.1, -0.05) is 6.07 Å². The molecule has 1 aliphatic rings. The highest BCUT2D eigenvalue weighted by Gasteiger charge is 2.27. The van der Waals surface area contributed by atoms with Gasteiger partial charge in [-0.2, -0.15) is 0 Å². The maximum atomic E-state index is 4.46. The molecule has 0 unspecified atom stereocenters. The Hall–Kier alpha value is -1.09. The van der Waals surface area contributed by atoms with Crippen LogP contribution in [0.2, 0.25) is 0 Å². The second-order valence-corrected chi connectivity index (χ2v) is 4.95. The molecule has 0 bridgehead atoms. The third kappa shape index (κ3) is 2.78. The third-order valence-electron chi connectivity index (χ3n) is 4.22. The fourth-order valence-corrected chi connectivity index (χ4v) is 2.78. The van der Waals surface area contributed by atoms with Crippen LogP contribution in [0, 0.1) is 0 Å². The monoisotopic (exact) mass is 234 g/mol. The quantitative estimate of drug-likeness (QED) is 0.745. The van der Waals surface area contributed by atoms with E-state index in [4.69, 9.17) is 0 Å². The largest absolute Gasteiger partial charge is 0.351 e. The summed E-state index contributed by atoms with van der Waals surface area (Å²) in [5.74, 6) is 1.14. The molecule has 0 saturated carbocycles. The molecule has 2 rings (SSSR count). The maximum Gasteiger partial charge on any atom is 0.128 e. The lowest BCUT2D eigenvalue weighted by Crippen LogP contribution is -2.50. The Morgan fingerprint density at radius 3 is 2.65 bits per heavy atom. The molecular formula is C14H24N3+. The number of rotatable bonds is 3. The molecule has 1 aliphatic heterocycles. The number of pyridine rings is 1. The smallest absolute Gasteiger partial charge is 0.128 e. The molecule has 0 N–H and O–H groups in total. The molecule has 1 saturated heterocycles. The Balaban J connectivity index is 2.06. The summed E-state index contributed by atoms with van der Waals surface area (Å²) in [4.78, 5) is 6.90. The molecular weight excluding hydrogens is 210 g/mol. The first kappa shape index (κ1) is 12.4. The first-order chi connectivity index (χ1) is 8.29. The fourth-order valence-electron chi connectivity index (χ4n) is 2.78. The van der Waals surface area contributed by atoms with Crippen molar-refractivity contribution in [3.05, 3.63) is 24.4 Å². The van der Waals surface area contributed by atoms with Gasteiger partial charge >= 0.3 is 0 Å². The first-order valence-electron chi connectivity index (χ1n) is 6.81. The van der Waals surface area contributed by atoms with Gasteiger partial charge in [0.05, 0.1) is 32.7 Å². The summed E-state index contributed by atoms with van der Waals surface area (Å²) in [6.07, 6.45) is 3.17. The molecule has 1 aromatic rings. The van der Waals surface area contributed by atoms with E-state index in [2.05, 4.69) is 35.9 Å². The summed E-state index contributed by atoms with van der Waals surface area (Å²) in [6, 6.07) is 6.19. The number of aromatic nitrogens is 1. The molecule has 0 radical (unpaired) electrons. The fraction of sp³-hybridized carbons (Fsp3) is 0.643. The summed E-state index contributed by atoms with van der Waals surface area (Å²) < 4.78 is 1.27. The Bertz CT molecular complexity index is 333. The molecule has 0 amide bonds. The Labute approximate surface area is 105 Å². The Kier molecular flexibility index (Phi) is 4.00. The normalized spacial score (nSPS) is 20.0. The molecule has 0 aliphatic carbocycles. The van der Waals surface area contributed by atoms with Crippen LogP contribution in [0.3, 0.4) is 0 Å². The lowest BCUT2D eigenvalue weighted by Gasteiger charge is -2.35. The lowest BCUT2D eigenvalue weighted by molar-refractivity contribution is -0.922. The van der Waals surface area contributed by atoms with Crippen molar-refractivity contribution in [3.8, 4) is 0 Å². The van der Waals surface area contributed by atoms with Crippen LogP contribution in [0.15, 0.2) is 24.4 Å². The van der Waals surface area contributed by atoms with Gasteiger partial charge in [0, 0.05) is 19.2 Å². The van der Waals surface area contributed by atoms with E-state index in [1.165, 1.54) is 37.1 Å². The zero-order chi connectivity index (χ0) is 12.1. The van der Waals surface area contributed by atoms with E-state index in [1.54, 1.807) is 0 Å². The molecule has 0 spiro atoms. The van der Waals surface area contributed by atoms with Crippen LogP contribution in [-0.2, 0) is 0 Å². The molecule has 94 valence electrons. The average Bonchev–Trinajstić information content (AvgIpc) is 2.63. The van der Waals surface area contributed by atoms with E-state index < -0.39 is 0 Å². The zero-order valence-corrected chi connectivity index (χ0v) is 11.1. The van der Waals surface area contributed by atoms with E-state index in [0.717, 1.165) is 18.9 Å². The first-order valence-corrected chi connectivity index (χ1v) is 6.81. The maximum absolute atomic E-state index is 4.46. The number of nitrogens with zero attached hydrogens (tertiary/aromatic N) is 3. The van der Waals surface area contributed by atoms with Gasteiger partial charge < -0.3 is 9.38 Å². The second-order valence-electron chi connectivity index (χ2n) is 4.95. The van der Waals surface area contributed by atoms with E-state index >= 15 is 0 Å². The average molecular weight is 234 g/mol. The minimum atomic E-state index is 1.14. The number of hydrogen-bond acceptors (Lipinski definition) is 2. The van der Waals surface area contributed by atoms with Crippen LogP contribution in [0.25, 0.3) is 0 Å². The molecule has 1 fully saturated rings. The van der Waals surface area contributed by atoms with Gasteiger partial charge in [-0.05, 0) is 26.0 Å². The number of quaternary nitrogens is 1. The standard InChI is InChI=1S/C14H24N3/c1-3-17(4-2)12-7-10-16(11-13-17)14-8-5-6-9-15-14/h5-6,8-9H,3-4,7,10-13H2,1-2H3/q+1. The summed E-state index contributed by atoms with van der Waals surface area (Å²) in [7, 11) is 0. The van der Waals surface area contributed by atoms with Crippen molar-refractivity contribution < 1.29 is 4.48 Å². The summed E-state index contributed by atoms with van der Waals surface area (Å²) >= 11 is 0. The van der Waals surface area contributed by atoms with Crippen LogP contribution >= 0.6 is 0 Å². The number of anilines is 1. The van der Waals surface area contributed by atoms with Gasteiger partial charge in [0.1, 0.15) is 5.82 Å². The SMILES string of the molecule is CC[N+]1(CC)CCCN(c2ccccn2)CC1. The zero-order valence-electron chi connectivity index (χ0n) is 11.1. The van der Waals surface area contributed by atoms with Gasteiger partial charge in [-0.15, -0.1) is 0 Å². The second kappa shape index (κ2) is 5.50. The molecule has 0 atom stereocenters. The lowest BCUT2D eigenvalue weighted by atomic mass is 10.3. The van der Waals surface area contributed by atoms with E-state index in [-0.39, 0.29) is 0 Å². The van der Waals surface area contributed by atoms with E-state index in [0.29, 0.717) is 0 Å². The molecule has 2 heterocycles. The van der Waals surface area contributed by atoms with Crippen molar-refractivity contribution in [2.45, 2.75) is 20.3 Å². The van der Waals surface area contributed by atoms with Crippen molar-refractivity contribution in [1.82, 2.24) is 4.98 Å².